The highest BCUT2D eigenvalue weighted by Crippen LogP contribution is 2.67. The lowest BCUT2D eigenvalue weighted by Gasteiger charge is -2.65. The van der Waals surface area contributed by atoms with Crippen molar-refractivity contribution in [2.45, 2.75) is 82.7 Å². The summed E-state index contributed by atoms with van der Waals surface area (Å²) in [6.45, 7) is 3.56. The van der Waals surface area contributed by atoms with E-state index in [2.05, 4.69) is 18.8 Å². The predicted octanol–water partition coefficient (Wildman–Crippen LogP) is 2.86. The molecule has 1 spiro atoms. The highest BCUT2D eigenvalue weighted by Gasteiger charge is 2.71. The Morgan fingerprint density at radius 3 is 2.52 bits per heavy atom. The number of hydrogen-bond donors (Lipinski definition) is 2. The lowest BCUT2D eigenvalue weighted by atomic mass is 9.45. The quantitative estimate of drug-likeness (QED) is 0.754. The van der Waals surface area contributed by atoms with Crippen LogP contribution >= 0.6 is 0 Å². The standard InChI is InChI=1S/C21H32O4/c1-2-20-11-10-19(23)16(17(20)14-21(20)24-12-13-25-21)8-9-18(22)15-6-4-3-5-7-15/h15-19,22-23H,2-7,10-14H2,1H3/t16-,17-,18+,19-,20+/m0/s1. The molecule has 0 unspecified atom stereocenters. The Morgan fingerprint density at radius 2 is 1.84 bits per heavy atom. The first kappa shape index (κ1) is 17.8. The molecule has 0 bridgehead atoms. The van der Waals surface area contributed by atoms with Crippen LogP contribution in [0.25, 0.3) is 0 Å². The third kappa shape index (κ3) is 2.75. The van der Waals surface area contributed by atoms with Crippen LogP contribution < -0.4 is 0 Å². The van der Waals surface area contributed by atoms with Gasteiger partial charge in [0.1, 0.15) is 6.10 Å². The fraction of sp³-hybridized carbons (Fsp3) is 0.905. The summed E-state index contributed by atoms with van der Waals surface area (Å²) in [6, 6.07) is 0. The molecule has 5 atom stereocenters. The molecule has 4 heteroatoms. The summed E-state index contributed by atoms with van der Waals surface area (Å²) in [6.07, 6.45) is 8.42. The van der Waals surface area contributed by atoms with Gasteiger partial charge >= 0.3 is 0 Å². The third-order valence-electron chi connectivity index (χ3n) is 7.57. The van der Waals surface area contributed by atoms with Crippen LogP contribution in [0.15, 0.2) is 0 Å². The molecule has 4 aliphatic rings. The lowest BCUT2D eigenvalue weighted by Crippen LogP contribution is -2.68. The van der Waals surface area contributed by atoms with E-state index >= 15 is 0 Å². The molecule has 0 amide bonds. The van der Waals surface area contributed by atoms with Crippen LogP contribution in [0.1, 0.15) is 64.7 Å². The van der Waals surface area contributed by atoms with Crippen molar-refractivity contribution in [3.05, 3.63) is 0 Å². The second-order valence-electron chi connectivity index (χ2n) is 8.53. The molecular formula is C21H32O4. The van der Waals surface area contributed by atoms with Crippen molar-refractivity contribution in [2.24, 2.45) is 23.2 Å². The van der Waals surface area contributed by atoms with Gasteiger partial charge in [0, 0.05) is 11.8 Å². The van der Waals surface area contributed by atoms with Crippen LogP contribution in [0, 0.1) is 35.0 Å². The molecule has 140 valence electrons. The number of rotatable bonds is 2. The Kier molecular flexibility index (Phi) is 4.88. The Bertz CT molecular complexity index is 538. The predicted molar refractivity (Wildman–Crippen MR) is 94.6 cm³/mol. The monoisotopic (exact) mass is 348 g/mol. The Morgan fingerprint density at radius 1 is 1.12 bits per heavy atom. The summed E-state index contributed by atoms with van der Waals surface area (Å²) in [5.74, 6) is 6.55. The number of aliphatic hydroxyl groups excluding tert-OH is 2. The molecule has 0 aromatic heterocycles. The maximum atomic E-state index is 10.6. The number of hydrogen-bond acceptors (Lipinski definition) is 4. The van der Waals surface area contributed by atoms with Crippen molar-refractivity contribution in [3.63, 3.8) is 0 Å². The Balaban J connectivity index is 1.51. The maximum Gasteiger partial charge on any atom is 0.174 e. The average molecular weight is 348 g/mol. The van der Waals surface area contributed by atoms with Gasteiger partial charge in [-0.05, 0) is 43.9 Å². The zero-order chi connectivity index (χ0) is 17.5. The van der Waals surface area contributed by atoms with E-state index < -0.39 is 18.0 Å². The zero-order valence-electron chi connectivity index (χ0n) is 15.4. The van der Waals surface area contributed by atoms with Crippen LogP contribution in [-0.2, 0) is 9.47 Å². The van der Waals surface area contributed by atoms with Gasteiger partial charge in [0.2, 0.25) is 0 Å². The van der Waals surface area contributed by atoms with Gasteiger partial charge in [-0.25, -0.2) is 0 Å². The Labute approximate surface area is 151 Å². The zero-order valence-corrected chi connectivity index (χ0v) is 15.4. The number of fused-ring (bicyclic) bond motifs is 2. The summed E-state index contributed by atoms with van der Waals surface area (Å²) >= 11 is 0. The van der Waals surface area contributed by atoms with Gasteiger partial charge in [-0.2, -0.15) is 0 Å². The molecule has 3 aliphatic carbocycles. The second-order valence-corrected chi connectivity index (χ2v) is 8.53. The van der Waals surface area contributed by atoms with Crippen molar-refractivity contribution in [3.8, 4) is 11.8 Å². The highest BCUT2D eigenvalue weighted by atomic mass is 16.7. The average Bonchev–Trinajstić information content (AvgIpc) is 3.14. The van der Waals surface area contributed by atoms with Crippen molar-refractivity contribution in [1.29, 1.82) is 0 Å². The smallest absolute Gasteiger partial charge is 0.174 e. The normalized spacial score (nSPS) is 41.5. The molecule has 2 N–H and O–H groups in total. The van der Waals surface area contributed by atoms with Gasteiger partial charge in [0.25, 0.3) is 0 Å². The van der Waals surface area contributed by atoms with Gasteiger partial charge in [-0.1, -0.05) is 38.0 Å². The minimum atomic E-state index is -0.543. The van der Waals surface area contributed by atoms with Crippen LogP contribution in [-0.4, -0.2) is 41.4 Å². The molecule has 0 aromatic carbocycles. The van der Waals surface area contributed by atoms with Crippen LogP contribution in [0.5, 0.6) is 0 Å². The van der Waals surface area contributed by atoms with Gasteiger partial charge in [0.05, 0.1) is 25.2 Å². The van der Waals surface area contributed by atoms with Crippen LogP contribution in [0.4, 0.5) is 0 Å². The minimum absolute atomic E-state index is 0.0160. The van der Waals surface area contributed by atoms with Crippen molar-refractivity contribution < 1.29 is 19.7 Å². The molecule has 1 heterocycles. The summed E-state index contributed by atoms with van der Waals surface area (Å²) in [7, 11) is 0. The van der Waals surface area contributed by atoms with E-state index in [-0.39, 0.29) is 11.3 Å². The third-order valence-corrected chi connectivity index (χ3v) is 7.57. The molecular weight excluding hydrogens is 316 g/mol. The van der Waals surface area contributed by atoms with E-state index in [0.717, 1.165) is 38.5 Å². The second kappa shape index (κ2) is 6.85. The number of ether oxygens (including phenoxy) is 2. The Hall–Kier alpha value is -0.600. The SMILES string of the molecule is CC[C@@]12CC[C@H](O)[C@@H](C#C[C@@H](O)C3CCCCC3)[C@@H]1CC21OCCO1. The molecule has 4 rings (SSSR count). The summed E-state index contributed by atoms with van der Waals surface area (Å²) < 4.78 is 12.1. The molecule has 1 aliphatic heterocycles. The van der Waals surface area contributed by atoms with Crippen molar-refractivity contribution in [2.75, 3.05) is 13.2 Å². The first-order chi connectivity index (χ1) is 12.1. The number of aliphatic hydroxyl groups is 2. The van der Waals surface area contributed by atoms with Crippen molar-refractivity contribution in [1.82, 2.24) is 0 Å². The summed E-state index contributed by atoms with van der Waals surface area (Å²) in [5.41, 5.74) is -0.0160. The van der Waals surface area contributed by atoms with Gasteiger partial charge in [-0.3, -0.25) is 0 Å². The van der Waals surface area contributed by atoms with Gasteiger partial charge < -0.3 is 19.7 Å². The molecule has 25 heavy (non-hydrogen) atoms. The van der Waals surface area contributed by atoms with E-state index in [1.165, 1.54) is 19.3 Å². The molecule has 1 saturated heterocycles. The van der Waals surface area contributed by atoms with E-state index in [9.17, 15) is 10.2 Å². The first-order valence-corrected chi connectivity index (χ1v) is 10.3. The van der Waals surface area contributed by atoms with E-state index in [4.69, 9.17) is 9.47 Å². The lowest BCUT2D eigenvalue weighted by molar-refractivity contribution is -0.351. The van der Waals surface area contributed by atoms with Gasteiger partial charge in [0.15, 0.2) is 5.79 Å². The van der Waals surface area contributed by atoms with E-state index in [1.54, 1.807) is 0 Å². The molecule has 4 fully saturated rings. The maximum absolute atomic E-state index is 10.6. The minimum Gasteiger partial charge on any atom is -0.392 e. The fourth-order valence-electron chi connectivity index (χ4n) is 6.05. The van der Waals surface area contributed by atoms with Crippen LogP contribution in [0.3, 0.4) is 0 Å². The van der Waals surface area contributed by atoms with Gasteiger partial charge in [-0.15, -0.1) is 0 Å². The van der Waals surface area contributed by atoms with E-state index in [0.29, 0.717) is 25.0 Å². The fourth-order valence-corrected chi connectivity index (χ4v) is 6.05. The van der Waals surface area contributed by atoms with Crippen LogP contribution in [0.2, 0.25) is 0 Å². The molecule has 4 nitrogen and oxygen atoms in total. The first-order valence-electron chi connectivity index (χ1n) is 10.3. The largest absolute Gasteiger partial charge is 0.392 e. The molecule has 3 saturated carbocycles. The summed E-state index contributed by atoms with van der Waals surface area (Å²) in [5, 5.41) is 21.1. The van der Waals surface area contributed by atoms with E-state index in [1.807, 2.05) is 0 Å². The molecule has 0 radical (unpaired) electrons. The highest BCUT2D eigenvalue weighted by molar-refractivity contribution is 5.22. The molecule has 0 aromatic rings. The van der Waals surface area contributed by atoms with Crippen molar-refractivity contribution >= 4 is 0 Å². The summed E-state index contributed by atoms with van der Waals surface area (Å²) in [4.78, 5) is 0. The topological polar surface area (TPSA) is 58.9 Å².